The lowest BCUT2D eigenvalue weighted by Crippen LogP contribution is -2.25. The number of benzene rings is 1. The summed E-state index contributed by atoms with van der Waals surface area (Å²) in [6.45, 7) is 5.28. The molecule has 0 amide bonds. The maximum absolute atomic E-state index is 4.34. The van der Waals surface area contributed by atoms with E-state index < -0.39 is 0 Å². The minimum absolute atomic E-state index is 0.369. The van der Waals surface area contributed by atoms with Gasteiger partial charge in [-0.2, -0.15) is 0 Å². The number of hydrogen-bond acceptors (Lipinski definition) is 2. The first-order valence-electron chi connectivity index (χ1n) is 6.45. The Morgan fingerprint density at radius 2 is 1.72 bits per heavy atom. The molecule has 0 radical (unpaired) electrons. The molecule has 1 heterocycles. The predicted molar refractivity (Wildman–Crippen MR) is 75.1 cm³/mol. The van der Waals surface area contributed by atoms with Crippen LogP contribution in [0, 0.1) is 5.92 Å². The van der Waals surface area contributed by atoms with E-state index in [4.69, 9.17) is 0 Å². The molecule has 94 valence electrons. The van der Waals surface area contributed by atoms with E-state index in [1.807, 2.05) is 18.3 Å². The van der Waals surface area contributed by atoms with E-state index >= 15 is 0 Å². The van der Waals surface area contributed by atoms with E-state index in [1.54, 1.807) is 0 Å². The second-order valence-electron chi connectivity index (χ2n) is 4.83. The minimum atomic E-state index is 0.369. The van der Waals surface area contributed by atoms with Gasteiger partial charge in [0, 0.05) is 18.8 Å². The molecule has 0 aliphatic rings. The Labute approximate surface area is 109 Å². The molecule has 18 heavy (non-hydrogen) atoms. The van der Waals surface area contributed by atoms with Gasteiger partial charge in [0.25, 0.3) is 0 Å². The van der Waals surface area contributed by atoms with Crippen LogP contribution < -0.4 is 5.32 Å². The molecule has 0 spiro atoms. The van der Waals surface area contributed by atoms with Crippen molar-refractivity contribution in [3.8, 4) is 0 Å². The number of rotatable bonds is 5. The number of nitrogens with one attached hydrogen (secondary N) is 1. The second kappa shape index (κ2) is 6.31. The van der Waals surface area contributed by atoms with Crippen molar-refractivity contribution in [2.75, 3.05) is 0 Å². The van der Waals surface area contributed by atoms with Gasteiger partial charge in [0.2, 0.25) is 0 Å². The topological polar surface area (TPSA) is 24.9 Å². The van der Waals surface area contributed by atoms with Gasteiger partial charge in [0.1, 0.15) is 0 Å². The highest BCUT2D eigenvalue weighted by Crippen LogP contribution is 2.21. The third kappa shape index (κ3) is 3.41. The van der Waals surface area contributed by atoms with E-state index in [0.29, 0.717) is 12.0 Å². The van der Waals surface area contributed by atoms with Gasteiger partial charge < -0.3 is 5.32 Å². The van der Waals surface area contributed by atoms with Gasteiger partial charge in [-0.25, -0.2) is 0 Å². The van der Waals surface area contributed by atoms with E-state index in [9.17, 15) is 0 Å². The third-order valence-corrected chi connectivity index (χ3v) is 3.05. The summed E-state index contributed by atoms with van der Waals surface area (Å²) in [6.07, 6.45) is 1.84. The van der Waals surface area contributed by atoms with Crippen molar-refractivity contribution in [1.82, 2.24) is 10.3 Å². The molecule has 2 nitrogen and oxygen atoms in total. The molecule has 1 N–H and O–H groups in total. The first kappa shape index (κ1) is 12.8. The van der Waals surface area contributed by atoms with E-state index in [-0.39, 0.29) is 0 Å². The molecule has 0 fully saturated rings. The van der Waals surface area contributed by atoms with Crippen LogP contribution in [0.5, 0.6) is 0 Å². The highest BCUT2D eigenvalue weighted by Gasteiger charge is 2.14. The normalized spacial score (nSPS) is 12.6. The van der Waals surface area contributed by atoms with Crippen molar-refractivity contribution in [2.45, 2.75) is 26.4 Å². The van der Waals surface area contributed by atoms with Crippen LogP contribution in [-0.2, 0) is 6.54 Å². The maximum atomic E-state index is 4.34. The first-order valence-corrected chi connectivity index (χ1v) is 6.45. The Bertz CT molecular complexity index is 451. The predicted octanol–water partition coefficient (Wildman–Crippen LogP) is 3.57. The summed E-state index contributed by atoms with van der Waals surface area (Å²) in [4.78, 5) is 4.34. The summed E-state index contributed by atoms with van der Waals surface area (Å²) in [5.41, 5.74) is 2.42. The number of aromatic nitrogens is 1. The van der Waals surface area contributed by atoms with Crippen LogP contribution in [0.25, 0.3) is 0 Å². The summed E-state index contributed by atoms with van der Waals surface area (Å²) in [5.74, 6) is 0.552. The highest BCUT2D eigenvalue weighted by molar-refractivity contribution is 5.19. The smallest absolute Gasteiger partial charge is 0.0541 e. The summed E-state index contributed by atoms with van der Waals surface area (Å²) in [5, 5.41) is 3.59. The lowest BCUT2D eigenvalue weighted by atomic mass is 9.96. The molecule has 0 aliphatic carbocycles. The van der Waals surface area contributed by atoms with Crippen LogP contribution >= 0.6 is 0 Å². The zero-order valence-corrected chi connectivity index (χ0v) is 11.0. The molecule has 2 aromatic rings. The molecule has 1 unspecified atom stereocenters. The van der Waals surface area contributed by atoms with E-state index in [2.05, 4.69) is 60.5 Å². The fourth-order valence-corrected chi connectivity index (χ4v) is 2.12. The van der Waals surface area contributed by atoms with Crippen LogP contribution in [0.3, 0.4) is 0 Å². The Hall–Kier alpha value is -1.67. The van der Waals surface area contributed by atoms with Crippen LogP contribution in [0.15, 0.2) is 54.7 Å². The van der Waals surface area contributed by atoms with Gasteiger partial charge in [0.05, 0.1) is 5.69 Å². The standard InChI is InChI=1S/C16H20N2/c1-13(2)16(14-8-4-3-5-9-14)18-12-15-10-6-7-11-17-15/h3-11,13,16,18H,12H2,1-2H3. The third-order valence-electron chi connectivity index (χ3n) is 3.05. The van der Waals surface area contributed by atoms with Crippen LogP contribution in [0.2, 0.25) is 0 Å². The Balaban J connectivity index is 2.04. The average Bonchev–Trinajstić information content (AvgIpc) is 2.41. The van der Waals surface area contributed by atoms with Crippen LogP contribution in [0.4, 0.5) is 0 Å². The molecule has 0 aliphatic heterocycles. The van der Waals surface area contributed by atoms with Crippen LogP contribution in [0.1, 0.15) is 31.1 Å². The highest BCUT2D eigenvalue weighted by atomic mass is 14.9. The monoisotopic (exact) mass is 240 g/mol. The summed E-state index contributed by atoms with van der Waals surface area (Å²) in [7, 11) is 0. The molecular weight excluding hydrogens is 220 g/mol. The molecule has 0 bridgehead atoms. The first-order chi connectivity index (χ1) is 8.77. The molecule has 2 rings (SSSR count). The lowest BCUT2D eigenvalue weighted by molar-refractivity contribution is 0.408. The van der Waals surface area contributed by atoms with Crippen molar-refractivity contribution in [2.24, 2.45) is 5.92 Å². The Kier molecular flexibility index (Phi) is 4.48. The van der Waals surface area contributed by atoms with Crippen LogP contribution in [-0.4, -0.2) is 4.98 Å². The molecule has 2 heteroatoms. The van der Waals surface area contributed by atoms with Crippen molar-refractivity contribution in [1.29, 1.82) is 0 Å². The fourth-order valence-electron chi connectivity index (χ4n) is 2.12. The maximum Gasteiger partial charge on any atom is 0.0541 e. The second-order valence-corrected chi connectivity index (χ2v) is 4.83. The number of hydrogen-bond donors (Lipinski definition) is 1. The summed E-state index contributed by atoms with van der Waals surface area (Å²) < 4.78 is 0. The SMILES string of the molecule is CC(C)C(NCc1ccccn1)c1ccccc1. The van der Waals surface area contributed by atoms with E-state index in [0.717, 1.165) is 12.2 Å². The molecule has 0 saturated heterocycles. The van der Waals surface area contributed by atoms with Gasteiger partial charge in [-0.3, -0.25) is 4.98 Å². The van der Waals surface area contributed by atoms with Gasteiger partial charge in [-0.1, -0.05) is 50.2 Å². The van der Waals surface area contributed by atoms with E-state index in [1.165, 1.54) is 5.56 Å². The largest absolute Gasteiger partial charge is 0.304 e. The van der Waals surface area contributed by atoms with Crippen molar-refractivity contribution in [3.63, 3.8) is 0 Å². The zero-order chi connectivity index (χ0) is 12.8. The molecule has 0 saturated carbocycles. The summed E-state index contributed by atoms with van der Waals surface area (Å²) in [6, 6.07) is 17.0. The number of pyridine rings is 1. The zero-order valence-electron chi connectivity index (χ0n) is 11.0. The summed E-state index contributed by atoms with van der Waals surface area (Å²) >= 11 is 0. The number of nitrogens with zero attached hydrogens (tertiary/aromatic N) is 1. The molecule has 1 aromatic carbocycles. The Morgan fingerprint density at radius 3 is 2.33 bits per heavy atom. The molecular formula is C16H20N2. The fraction of sp³-hybridized carbons (Fsp3) is 0.312. The molecule has 1 atom stereocenters. The van der Waals surface area contributed by atoms with Gasteiger partial charge in [-0.05, 0) is 23.6 Å². The van der Waals surface area contributed by atoms with Crippen molar-refractivity contribution >= 4 is 0 Å². The Morgan fingerprint density at radius 1 is 1.00 bits per heavy atom. The van der Waals surface area contributed by atoms with Gasteiger partial charge >= 0.3 is 0 Å². The minimum Gasteiger partial charge on any atom is -0.304 e. The van der Waals surface area contributed by atoms with Gasteiger partial charge in [-0.15, -0.1) is 0 Å². The average molecular weight is 240 g/mol. The van der Waals surface area contributed by atoms with Crippen molar-refractivity contribution in [3.05, 3.63) is 66.0 Å². The van der Waals surface area contributed by atoms with Gasteiger partial charge in [0.15, 0.2) is 0 Å². The quantitative estimate of drug-likeness (QED) is 0.864. The molecule has 1 aromatic heterocycles. The lowest BCUT2D eigenvalue weighted by Gasteiger charge is -2.22. The van der Waals surface area contributed by atoms with Crippen molar-refractivity contribution < 1.29 is 0 Å².